The number of carbonyl (C=O) groups is 4. The standard InChI is InChI=1S/2C14H27NO8.Ca/c2*1-7(2)15(8(3)4)5-10(17)23-6-9(16)11(18)12(19)13(20)14(21)22;/h2*7-9,11-13,16,18-20H,5-6H2,1-4H3,(H,21,22);/q;;+2/p-2. The van der Waals surface area contributed by atoms with E-state index in [9.17, 15) is 60.0 Å². The molecule has 8 atom stereocenters. The number of carboxylic acid groups (broad SMARTS) is 2. The molecule has 19 heteroatoms. The second-order valence-electron chi connectivity index (χ2n) is 11.7. The van der Waals surface area contributed by atoms with Gasteiger partial charge in [-0.25, -0.2) is 0 Å². The molecule has 0 aromatic carbocycles. The Morgan fingerprint density at radius 1 is 0.511 bits per heavy atom. The molecule has 0 amide bonds. The predicted octanol–water partition coefficient (Wildman–Crippen LogP) is -6.70. The molecule has 8 N–H and O–H groups in total. The number of hydrogen-bond acceptors (Lipinski definition) is 18. The summed E-state index contributed by atoms with van der Waals surface area (Å²) in [5.41, 5.74) is 0. The molecular formula is C28H52CaN2O16. The van der Waals surface area contributed by atoms with Crippen LogP contribution in [0.2, 0.25) is 0 Å². The van der Waals surface area contributed by atoms with Crippen molar-refractivity contribution >= 4 is 61.6 Å². The monoisotopic (exact) mass is 712 g/mol. The molecule has 0 rings (SSSR count). The zero-order valence-electron chi connectivity index (χ0n) is 28.2. The maximum atomic E-state index is 11.7. The van der Waals surface area contributed by atoms with Crippen LogP contribution in [0.5, 0.6) is 0 Å². The maximum Gasteiger partial charge on any atom is 2.00 e. The Morgan fingerprint density at radius 2 is 0.745 bits per heavy atom. The van der Waals surface area contributed by atoms with E-state index in [-0.39, 0.29) is 75.0 Å². The summed E-state index contributed by atoms with van der Waals surface area (Å²) in [4.78, 5) is 47.9. The van der Waals surface area contributed by atoms with E-state index in [0.29, 0.717) is 0 Å². The number of aliphatic hydroxyl groups excluding tert-OH is 8. The molecule has 18 nitrogen and oxygen atoms in total. The van der Waals surface area contributed by atoms with Crippen molar-refractivity contribution < 1.29 is 79.7 Å². The molecule has 0 radical (unpaired) electrons. The predicted molar refractivity (Wildman–Crippen MR) is 160 cm³/mol. The minimum atomic E-state index is -2.37. The van der Waals surface area contributed by atoms with Crippen molar-refractivity contribution in [3.8, 4) is 0 Å². The Morgan fingerprint density at radius 3 is 0.936 bits per heavy atom. The summed E-state index contributed by atoms with van der Waals surface area (Å²) in [6, 6.07) is 0.382. The van der Waals surface area contributed by atoms with Crippen LogP contribution in [0.4, 0.5) is 0 Å². The molecule has 0 aliphatic rings. The Hall–Kier alpha value is -1.26. The van der Waals surface area contributed by atoms with E-state index in [2.05, 4.69) is 0 Å². The molecule has 47 heavy (non-hydrogen) atoms. The average molecular weight is 713 g/mol. The fourth-order valence-electron chi connectivity index (χ4n) is 3.97. The Balaban J connectivity index is -0.000000807. The smallest absolute Gasteiger partial charge is 0.547 e. The molecule has 0 spiro atoms. The van der Waals surface area contributed by atoms with Gasteiger partial charge in [0.25, 0.3) is 0 Å². The zero-order valence-corrected chi connectivity index (χ0v) is 30.4. The Bertz CT molecular complexity index is 837. The second kappa shape index (κ2) is 24.8. The Kier molecular flexibility index (Phi) is 26.5. The quantitative estimate of drug-likeness (QED) is 0.0430. The van der Waals surface area contributed by atoms with Gasteiger partial charge in [0.15, 0.2) is 0 Å². The van der Waals surface area contributed by atoms with Crippen molar-refractivity contribution in [3.05, 3.63) is 0 Å². The van der Waals surface area contributed by atoms with Crippen LogP contribution in [0.25, 0.3) is 0 Å². The Labute approximate surface area is 304 Å². The van der Waals surface area contributed by atoms with Gasteiger partial charge >= 0.3 is 49.7 Å². The average Bonchev–Trinajstić information content (AvgIpc) is 2.96. The SMILES string of the molecule is CC(C)N(CC(=O)OCC(O)C(O)C(O)C(O)C(=O)[O-])C(C)C.CC(C)N(CC(=O)OCC(O)C(O)C(O)C(O)C(=O)[O-])C(C)C.[Ca+2]. The molecule has 8 unspecified atom stereocenters. The molecule has 0 saturated carbocycles. The summed E-state index contributed by atoms with van der Waals surface area (Å²) in [6.07, 6.45) is -16.6. The van der Waals surface area contributed by atoms with Gasteiger partial charge in [-0.2, -0.15) is 0 Å². The van der Waals surface area contributed by atoms with Crippen molar-refractivity contribution in [2.45, 2.75) is 128 Å². The minimum Gasteiger partial charge on any atom is -0.547 e. The summed E-state index contributed by atoms with van der Waals surface area (Å²) < 4.78 is 9.60. The van der Waals surface area contributed by atoms with Crippen molar-refractivity contribution in [3.63, 3.8) is 0 Å². The summed E-state index contributed by atoms with van der Waals surface area (Å²) in [5.74, 6) is -5.28. The van der Waals surface area contributed by atoms with E-state index in [1.165, 1.54) is 0 Å². The first-order valence-corrected chi connectivity index (χ1v) is 14.7. The molecule has 0 aliphatic heterocycles. The number of aliphatic hydroxyl groups is 8. The third-order valence-electron chi connectivity index (χ3n) is 6.72. The zero-order chi connectivity index (χ0) is 36.6. The fourth-order valence-corrected chi connectivity index (χ4v) is 3.97. The first-order valence-electron chi connectivity index (χ1n) is 14.7. The number of nitrogens with zero attached hydrogens (tertiary/aromatic N) is 2. The van der Waals surface area contributed by atoms with Gasteiger partial charge in [0.2, 0.25) is 0 Å². The van der Waals surface area contributed by atoms with E-state index in [1.807, 2.05) is 65.2 Å². The van der Waals surface area contributed by atoms with E-state index in [4.69, 9.17) is 19.7 Å². The molecule has 272 valence electrons. The number of rotatable bonds is 20. The number of ether oxygens (including phenoxy) is 2. The molecule has 0 bridgehead atoms. The normalized spacial score (nSPS) is 16.8. The largest absolute Gasteiger partial charge is 2.00 e. The van der Waals surface area contributed by atoms with Gasteiger partial charge < -0.3 is 70.1 Å². The first kappa shape index (κ1) is 50.1. The van der Waals surface area contributed by atoms with Gasteiger partial charge in [0.05, 0.1) is 25.0 Å². The summed E-state index contributed by atoms with van der Waals surface area (Å²) in [7, 11) is 0. The van der Waals surface area contributed by atoms with Crippen LogP contribution in [-0.2, 0) is 28.7 Å². The topological polar surface area (TPSA) is 301 Å². The van der Waals surface area contributed by atoms with Crippen molar-refractivity contribution in [2.24, 2.45) is 0 Å². The number of hydrogen-bond donors (Lipinski definition) is 8. The van der Waals surface area contributed by atoms with Crippen LogP contribution in [0.15, 0.2) is 0 Å². The van der Waals surface area contributed by atoms with Gasteiger partial charge in [-0.15, -0.1) is 0 Å². The fraction of sp³-hybridized carbons (Fsp3) is 0.857. The van der Waals surface area contributed by atoms with Gasteiger partial charge in [0.1, 0.15) is 62.0 Å². The van der Waals surface area contributed by atoms with Crippen molar-refractivity contribution in [1.29, 1.82) is 0 Å². The van der Waals surface area contributed by atoms with Crippen LogP contribution in [0.3, 0.4) is 0 Å². The van der Waals surface area contributed by atoms with Crippen LogP contribution in [-0.4, -0.2) is 212 Å². The molecule has 0 saturated heterocycles. The van der Waals surface area contributed by atoms with Crippen molar-refractivity contribution in [1.82, 2.24) is 9.80 Å². The van der Waals surface area contributed by atoms with Gasteiger partial charge in [-0.05, 0) is 55.4 Å². The number of carboxylic acids is 2. The molecule has 0 heterocycles. The first-order chi connectivity index (χ1) is 21.0. The van der Waals surface area contributed by atoms with Crippen molar-refractivity contribution in [2.75, 3.05) is 26.3 Å². The van der Waals surface area contributed by atoms with Crippen LogP contribution in [0.1, 0.15) is 55.4 Å². The molecule has 0 fully saturated rings. The van der Waals surface area contributed by atoms with E-state index < -0.39 is 85.9 Å². The van der Waals surface area contributed by atoms with E-state index >= 15 is 0 Å². The third kappa shape index (κ3) is 19.5. The molecule has 0 aromatic heterocycles. The van der Waals surface area contributed by atoms with Crippen LogP contribution in [0, 0.1) is 0 Å². The number of esters is 2. The van der Waals surface area contributed by atoms with Gasteiger partial charge in [-0.1, -0.05) is 0 Å². The van der Waals surface area contributed by atoms with E-state index in [1.54, 1.807) is 0 Å². The third-order valence-corrected chi connectivity index (χ3v) is 6.72. The van der Waals surface area contributed by atoms with Crippen LogP contribution >= 0.6 is 0 Å². The number of carbonyl (C=O) groups excluding carboxylic acids is 4. The maximum absolute atomic E-state index is 11.7. The molecular weight excluding hydrogens is 660 g/mol. The molecule has 0 aliphatic carbocycles. The van der Waals surface area contributed by atoms with E-state index in [0.717, 1.165) is 0 Å². The van der Waals surface area contributed by atoms with Gasteiger partial charge in [0, 0.05) is 24.2 Å². The second-order valence-corrected chi connectivity index (χ2v) is 11.7. The summed E-state index contributed by atoms with van der Waals surface area (Å²) in [6.45, 7) is 13.9. The number of aliphatic carboxylic acids is 2. The molecule has 0 aromatic rings. The minimum absolute atomic E-state index is 0. The van der Waals surface area contributed by atoms with Crippen LogP contribution < -0.4 is 10.2 Å². The summed E-state index contributed by atoms with van der Waals surface area (Å²) >= 11 is 0. The van der Waals surface area contributed by atoms with Gasteiger partial charge in [-0.3, -0.25) is 19.4 Å². The summed E-state index contributed by atoms with van der Waals surface area (Å²) in [5, 5.41) is 95.8.